The third-order valence-corrected chi connectivity index (χ3v) is 8.87. The van der Waals surface area contributed by atoms with Crippen LogP contribution in [0.4, 0.5) is 0 Å². The minimum atomic E-state index is -1.72. The number of aliphatic hydroxyl groups excluding tert-OH is 4. The lowest BCUT2D eigenvalue weighted by atomic mass is 9.71. The largest absolute Gasteiger partial charge is 0.396 e. The molecule has 0 aromatic heterocycles. The van der Waals surface area contributed by atoms with Crippen LogP contribution in [0.15, 0.2) is 18.4 Å². The van der Waals surface area contributed by atoms with E-state index in [9.17, 15) is 29.7 Å². The first-order chi connectivity index (χ1) is 15.0. The van der Waals surface area contributed by atoms with E-state index in [1.54, 1.807) is 0 Å². The average Bonchev–Trinajstić information content (AvgIpc) is 2.71. The monoisotopic (exact) mass is 793 g/mol. The molecule has 0 saturated heterocycles. The smallest absolute Gasteiger partial charge is 0.251 e. The molecule has 0 bridgehead atoms. The molecule has 0 fully saturated rings. The van der Waals surface area contributed by atoms with Gasteiger partial charge in [-0.15, -0.1) is 0 Å². The number of hydrogen-bond donors (Lipinski definition) is 7. The number of hydrogen-bond acceptors (Lipinski definition) is 8. The molecule has 11 nitrogen and oxygen atoms in total. The standard InChI is InChI=1S/C18H26I3N3O8/c1-22-17(31)18(8(27)3-5-25)14(20)11(16(30)24-9(28)4-6-26)12(19)13(15(18)21)23-10(29)7-32-2/h8-9,14,25-28H,3-7H2,1-2H3,(H,22,31)(H,23,29)(H,24,30). The van der Waals surface area contributed by atoms with E-state index in [1.165, 1.54) is 14.2 Å². The van der Waals surface area contributed by atoms with Crippen LogP contribution in [0.25, 0.3) is 0 Å². The molecule has 0 radical (unpaired) electrons. The van der Waals surface area contributed by atoms with Crippen molar-refractivity contribution in [2.24, 2.45) is 5.41 Å². The molecule has 3 amide bonds. The van der Waals surface area contributed by atoms with Gasteiger partial charge < -0.3 is 41.1 Å². The first-order valence-electron chi connectivity index (χ1n) is 9.38. The van der Waals surface area contributed by atoms with Crippen molar-refractivity contribution in [1.82, 2.24) is 16.0 Å². The number of methoxy groups -OCH3 is 1. The molecule has 4 unspecified atom stereocenters. The summed E-state index contributed by atoms with van der Waals surface area (Å²) >= 11 is 5.58. The molecule has 1 rings (SSSR count). The number of aliphatic hydroxyl groups is 4. The van der Waals surface area contributed by atoms with Crippen molar-refractivity contribution in [3.05, 3.63) is 18.4 Å². The number of carbonyl (C=O) groups excluding carboxylic acids is 3. The highest BCUT2D eigenvalue weighted by Gasteiger charge is 2.58. The molecule has 1 aliphatic rings. The van der Waals surface area contributed by atoms with Gasteiger partial charge in [-0.2, -0.15) is 0 Å². The number of nitrogens with one attached hydrogen (secondary N) is 3. The summed E-state index contributed by atoms with van der Waals surface area (Å²) < 4.78 is 4.48. The molecule has 0 heterocycles. The summed E-state index contributed by atoms with van der Waals surface area (Å²) in [6, 6.07) is 0. The fourth-order valence-corrected chi connectivity index (χ4v) is 8.77. The van der Waals surface area contributed by atoms with Crippen molar-refractivity contribution in [2.45, 2.75) is 29.1 Å². The number of alkyl halides is 1. The molecular weight excluding hydrogens is 767 g/mol. The third-order valence-electron chi connectivity index (χ3n) is 4.71. The minimum Gasteiger partial charge on any atom is -0.396 e. The van der Waals surface area contributed by atoms with Gasteiger partial charge in [-0.05, 0) is 51.6 Å². The normalized spacial score (nSPS) is 23.0. The molecule has 0 aromatic rings. The van der Waals surface area contributed by atoms with Crippen molar-refractivity contribution in [1.29, 1.82) is 0 Å². The van der Waals surface area contributed by atoms with Crippen molar-refractivity contribution in [2.75, 3.05) is 34.0 Å². The Bertz CT molecular complexity index is 791. The van der Waals surface area contributed by atoms with Crippen molar-refractivity contribution < 1.29 is 39.5 Å². The highest BCUT2D eigenvalue weighted by Crippen LogP contribution is 2.54. The van der Waals surface area contributed by atoms with Gasteiger partial charge in [-0.3, -0.25) is 14.4 Å². The SMILES string of the molecule is CNC(=O)C1(C(O)CCO)C(I)=C(NC(=O)COC)C(I)=C(C(=O)NC(O)CCO)C1I. The Morgan fingerprint density at radius 3 is 2.25 bits per heavy atom. The lowest BCUT2D eigenvalue weighted by molar-refractivity contribution is -0.134. The van der Waals surface area contributed by atoms with E-state index >= 15 is 0 Å². The molecule has 182 valence electrons. The molecule has 0 aromatic carbocycles. The van der Waals surface area contributed by atoms with Gasteiger partial charge in [0.25, 0.3) is 5.91 Å². The van der Waals surface area contributed by atoms with Crippen molar-refractivity contribution in [3.8, 4) is 0 Å². The summed E-state index contributed by atoms with van der Waals surface area (Å²) in [6.45, 7) is -1.07. The van der Waals surface area contributed by atoms with Crippen LogP contribution in [0.2, 0.25) is 0 Å². The van der Waals surface area contributed by atoms with E-state index in [1.807, 2.05) is 67.8 Å². The topological polar surface area (TPSA) is 177 Å². The highest BCUT2D eigenvalue weighted by molar-refractivity contribution is 14.1. The van der Waals surface area contributed by atoms with E-state index in [0.29, 0.717) is 3.58 Å². The summed E-state index contributed by atoms with van der Waals surface area (Å²) in [5, 5.41) is 46.9. The average molecular weight is 793 g/mol. The van der Waals surface area contributed by atoms with E-state index < -0.39 is 46.0 Å². The van der Waals surface area contributed by atoms with Crippen LogP contribution in [-0.2, 0) is 19.1 Å². The van der Waals surface area contributed by atoms with Crippen LogP contribution >= 0.6 is 67.8 Å². The van der Waals surface area contributed by atoms with E-state index in [2.05, 4.69) is 16.0 Å². The maximum absolute atomic E-state index is 13.2. The van der Waals surface area contributed by atoms with Gasteiger partial charge in [0.05, 0.1) is 15.7 Å². The predicted octanol–water partition coefficient (Wildman–Crippen LogP) is -0.805. The Morgan fingerprint density at radius 2 is 1.75 bits per heavy atom. The number of amides is 3. The second-order valence-corrected chi connectivity index (χ2v) is 10.1. The van der Waals surface area contributed by atoms with Crippen molar-refractivity contribution >= 4 is 85.5 Å². The molecule has 4 atom stereocenters. The van der Waals surface area contributed by atoms with Crippen LogP contribution in [0, 0.1) is 5.41 Å². The van der Waals surface area contributed by atoms with Gasteiger partial charge in [-0.25, -0.2) is 0 Å². The summed E-state index contributed by atoms with van der Waals surface area (Å²) in [5.74, 6) is -1.90. The Labute approximate surface area is 226 Å². The molecule has 7 N–H and O–H groups in total. The summed E-state index contributed by atoms with van der Waals surface area (Å²) in [5.41, 5.74) is -1.54. The third kappa shape index (κ3) is 6.30. The Kier molecular flexibility index (Phi) is 12.8. The van der Waals surface area contributed by atoms with Gasteiger partial charge >= 0.3 is 0 Å². The summed E-state index contributed by atoms with van der Waals surface area (Å²) in [6.07, 6.45) is -3.04. The summed E-state index contributed by atoms with van der Waals surface area (Å²) in [7, 11) is 2.71. The predicted molar refractivity (Wildman–Crippen MR) is 140 cm³/mol. The van der Waals surface area contributed by atoms with Crippen LogP contribution in [0.3, 0.4) is 0 Å². The van der Waals surface area contributed by atoms with Gasteiger partial charge in [-0.1, -0.05) is 22.6 Å². The molecule has 0 saturated carbocycles. The Balaban J connectivity index is 3.77. The Morgan fingerprint density at radius 1 is 1.16 bits per heavy atom. The molecule has 32 heavy (non-hydrogen) atoms. The number of halogens is 3. The van der Waals surface area contributed by atoms with E-state index in [4.69, 9.17) is 9.84 Å². The Hall–Kier alpha value is -0.120. The summed E-state index contributed by atoms with van der Waals surface area (Å²) in [4.78, 5) is 38.6. The van der Waals surface area contributed by atoms with Gasteiger partial charge in [0.1, 0.15) is 18.2 Å². The molecule has 0 spiro atoms. The second kappa shape index (κ2) is 13.7. The zero-order chi connectivity index (χ0) is 24.6. The van der Waals surface area contributed by atoms with E-state index in [-0.39, 0.29) is 40.9 Å². The fraction of sp³-hybridized carbons (Fsp3) is 0.611. The minimum absolute atomic E-state index is 0.0388. The van der Waals surface area contributed by atoms with Crippen LogP contribution in [-0.4, -0.2) is 88.4 Å². The van der Waals surface area contributed by atoms with Gasteiger partial charge in [0.2, 0.25) is 11.8 Å². The molecule has 14 heteroatoms. The highest BCUT2D eigenvalue weighted by atomic mass is 127. The van der Waals surface area contributed by atoms with Crippen molar-refractivity contribution in [3.63, 3.8) is 0 Å². The molecular formula is C18H26I3N3O8. The molecule has 1 aliphatic carbocycles. The fourth-order valence-electron chi connectivity index (χ4n) is 3.18. The zero-order valence-corrected chi connectivity index (χ0v) is 23.8. The van der Waals surface area contributed by atoms with Crippen LogP contribution < -0.4 is 16.0 Å². The maximum atomic E-state index is 13.2. The lowest BCUT2D eigenvalue weighted by Crippen LogP contribution is -2.58. The van der Waals surface area contributed by atoms with Crippen LogP contribution in [0.1, 0.15) is 12.8 Å². The quantitative estimate of drug-likeness (QED) is 0.0809. The first kappa shape index (κ1) is 29.9. The maximum Gasteiger partial charge on any atom is 0.251 e. The van der Waals surface area contributed by atoms with E-state index in [0.717, 1.165) is 0 Å². The van der Waals surface area contributed by atoms with Gasteiger partial charge in [0.15, 0.2) is 0 Å². The number of allylic oxidation sites excluding steroid dienone is 1. The first-order valence-corrected chi connectivity index (χ1v) is 12.8. The van der Waals surface area contributed by atoms with Crippen LogP contribution in [0.5, 0.6) is 0 Å². The lowest BCUT2D eigenvalue weighted by Gasteiger charge is -2.44. The second-order valence-electron chi connectivity index (χ2n) is 6.74. The molecule has 0 aliphatic heterocycles. The number of ether oxygens (including phenoxy) is 1. The zero-order valence-electron chi connectivity index (χ0n) is 17.3. The number of rotatable bonds is 11. The number of carbonyl (C=O) groups is 3. The van der Waals surface area contributed by atoms with Gasteiger partial charge in [0, 0.05) is 46.5 Å².